The SMILES string of the molecule is BrCCBr.BrCCOc1ccc(OC2CCCCO2)cc1.Oc1ccc(OC2CCCCO2)cc1. The van der Waals surface area contributed by atoms with Crippen molar-refractivity contribution >= 4 is 47.8 Å². The molecule has 0 bridgehead atoms. The van der Waals surface area contributed by atoms with Crippen molar-refractivity contribution in [3.63, 3.8) is 0 Å². The maximum absolute atomic E-state index is 9.08. The maximum Gasteiger partial charge on any atom is 0.199 e. The molecule has 35 heavy (non-hydrogen) atoms. The van der Waals surface area contributed by atoms with Gasteiger partial charge in [-0.2, -0.15) is 0 Å². The number of phenols is 1. The molecule has 2 saturated heterocycles. The quantitative estimate of drug-likeness (QED) is 0.292. The predicted octanol–water partition coefficient (Wildman–Crippen LogP) is 7.44. The Morgan fingerprint density at radius 1 is 0.657 bits per heavy atom. The molecule has 196 valence electrons. The third-order valence-corrected chi connectivity index (χ3v) is 7.07. The van der Waals surface area contributed by atoms with Gasteiger partial charge in [0, 0.05) is 28.8 Å². The van der Waals surface area contributed by atoms with Gasteiger partial charge in [-0.1, -0.05) is 47.8 Å². The summed E-state index contributed by atoms with van der Waals surface area (Å²) in [5.41, 5.74) is 0. The number of rotatable bonds is 8. The number of aromatic hydroxyl groups is 1. The average Bonchev–Trinajstić information content (AvgIpc) is 2.91. The molecule has 0 spiro atoms. The smallest absolute Gasteiger partial charge is 0.199 e. The third kappa shape index (κ3) is 13.8. The minimum atomic E-state index is -0.117. The Morgan fingerprint density at radius 3 is 1.51 bits per heavy atom. The number of hydrogen-bond donors (Lipinski definition) is 1. The van der Waals surface area contributed by atoms with E-state index in [1.807, 2.05) is 24.3 Å². The van der Waals surface area contributed by atoms with E-state index in [9.17, 15) is 0 Å². The van der Waals surface area contributed by atoms with Crippen LogP contribution in [0, 0.1) is 0 Å². The molecular weight excluding hydrogens is 648 g/mol. The van der Waals surface area contributed by atoms with Crippen LogP contribution in [-0.4, -0.2) is 53.5 Å². The molecule has 2 aromatic carbocycles. The molecule has 2 fully saturated rings. The van der Waals surface area contributed by atoms with Crippen LogP contribution in [0.2, 0.25) is 0 Å². The first-order valence-electron chi connectivity index (χ1n) is 11.9. The summed E-state index contributed by atoms with van der Waals surface area (Å²) in [6.45, 7) is 2.26. The molecule has 2 unspecified atom stereocenters. The first-order valence-corrected chi connectivity index (χ1v) is 15.3. The number of halogens is 3. The van der Waals surface area contributed by atoms with Crippen LogP contribution in [0.15, 0.2) is 48.5 Å². The summed E-state index contributed by atoms with van der Waals surface area (Å²) in [6.07, 6.45) is 6.31. The number of ether oxygens (including phenoxy) is 5. The lowest BCUT2D eigenvalue weighted by molar-refractivity contribution is -0.106. The van der Waals surface area contributed by atoms with Gasteiger partial charge in [-0.05, 0) is 74.2 Å². The van der Waals surface area contributed by atoms with Crippen molar-refractivity contribution in [1.82, 2.24) is 0 Å². The Hall–Kier alpha value is -1.00. The van der Waals surface area contributed by atoms with E-state index in [-0.39, 0.29) is 18.3 Å². The zero-order valence-corrected chi connectivity index (χ0v) is 24.6. The molecule has 2 aliphatic rings. The molecule has 2 aromatic rings. The van der Waals surface area contributed by atoms with Crippen LogP contribution in [0.3, 0.4) is 0 Å². The Morgan fingerprint density at radius 2 is 1.11 bits per heavy atom. The van der Waals surface area contributed by atoms with Gasteiger partial charge in [0.15, 0.2) is 12.6 Å². The van der Waals surface area contributed by atoms with E-state index in [4.69, 9.17) is 28.8 Å². The number of benzene rings is 2. The molecule has 0 aromatic heterocycles. The summed E-state index contributed by atoms with van der Waals surface area (Å²) < 4.78 is 27.7. The third-order valence-electron chi connectivity index (χ3n) is 4.89. The van der Waals surface area contributed by atoms with E-state index >= 15 is 0 Å². The van der Waals surface area contributed by atoms with Crippen molar-refractivity contribution in [2.45, 2.75) is 51.1 Å². The summed E-state index contributed by atoms with van der Waals surface area (Å²) in [6, 6.07) is 14.4. The fourth-order valence-corrected chi connectivity index (χ4v) is 3.37. The van der Waals surface area contributed by atoms with E-state index in [0.717, 1.165) is 78.6 Å². The first-order chi connectivity index (χ1) is 17.1. The van der Waals surface area contributed by atoms with Gasteiger partial charge in [0.1, 0.15) is 23.0 Å². The van der Waals surface area contributed by atoms with Gasteiger partial charge in [-0.3, -0.25) is 0 Å². The lowest BCUT2D eigenvalue weighted by Crippen LogP contribution is -2.24. The fourth-order valence-electron chi connectivity index (χ4n) is 3.21. The van der Waals surface area contributed by atoms with Crippen molar-refractivity contribution in [3.05, 3.63) is 48.5 Å². The summed E-state index contributed by atoms with van der Waals surface area (Å²) in [5, 5.41) is 12.0. The summed E-state index contributed by atoms with van der Waals surface area (Å²) >= 11 is 9.72. The van der Waals surface area contributed by atoms with Crippen molar-refractivity contribution in [3.8, 4) is 23.0 Å². The molecule has 1 N–H and O–H groups in total. The van der Waals surface area contributed by atoms with Gasteiger partial charge in [-0.15, -0.1) is 0 Å². The lowest BCUT2D eigenvalue weighted by Gasteiger charge is -2.23. The zero-order valence-electron chi connectivity index (χ0n) is 19.9. The molecule has 2 aliphatic heterocycles. The van der Waals surface area contributed by atoms with E-state index < -0.39 is 0 Å². The Kier molecular flexibility index (Phi) is 16.5. The largest absolute Gasteiger partial charge is 0.508 e. The molecular formula is C26H35Br3O6. The fraction of sp³-hybridized carbons (Fsp3) is 0.538. The molecule has 0 saturated carbocycles. The second-order valence-corrected chi connectivity index (χ2v) is 10.1. The summed E-state index contributed by atoms with van der Waals surface area (Å²) in [4.78, 5) is 0. The van der Waals surface area contributed by atoms with Crippen molar-refractivity contribution in [2.75, 3.05) is 35.8 Å². The van der Waals surface area contributed by atoms with E-state index in [0.29, 0.717) is 6.61 Å². The van der Waals surface area contributed by atoms with Gasteiger partial charge in [0.2, 0.25) is 0 Å². The summed E-state index contributed by atoms with van der Waals surface area (Å²) in [5.74, 6) is 2.70. The van der Waals surface area contributed by atoms with Gasteiger partial charge in [0.05, 0.1) is 19.8 Å². The van der Waals surface area contributed by atoms with E-state index in [1.165, 1.54) is 6.42 Å². The molecule has 4 rings (SSSR count). The molecule has 0 radical (unpaired) electrons. The molecule has 0 aliphatic carbocycles. The van der Waals surface area contributed by atoms with Gasteiger partial charge >= 0.3 is 0 Å². The maximum atomic E-state index is 9.08. The van der Waals surface area contributed by atoms with Crippen LogP contribution in [-0.2, 0) is 9.47 Å². The topological polar surface area (TPSA) is 66.4 Å². The van der Waals surface area contributed by atoms with E-state index in [1.54, 1.807) is 24.3 Å². The zero-order chi connectivity index (χ0) is 25.1. The summed E-state index contributed by atoms with van der Waals surface area (Å²) in [7, 11) is 0. The Labute approximate surface area is 234 Å². The van der Waals surface area contributed by atoms with Crippen LogP contribution < -0.4 is 14.2 Å². The average molecular weight is 683 g/mol. The highest BCUT2D eigenvalue weighted by Gasteiger charge is 2.15. The van der Waals surface area contributed by atoms with Crippen LogP contribution in [0.25, 0.3) is 0 Å². The Balaban J connectivity index is 0.000000217. The second kappa shape index (κ2) is 19.2. The molecule has 2 atom stereocenters. The van der Waals surface area contributed by atoms with Crippen molar-refractivity contribution in [1.29, 1.82) is 0 Å². The lowest BCUT2D eigenvalue weighted by atomic mass is 10.2. The van der Waals surface area contributed by atoms with Crippen molar-refractivity contribution in [2.24, 2.45) is 0 Å². The standard InChI is InChI=1S/C13H17BrO3.C11H14O3.C2H4Br2/c14-8-10-15-11-4-6-12(7-5-11)17-13-3-1-2-9-16-13;12-9-4-6-10(7-5-9)14-11-3-1-2-8-13-11;3-1-2-4/h4-7,13H,1-3,8-10H2;4-7,11-12H,1-3,8H2;1-2H2. The van der Waals surface area contributed by atoms with Gasteiger partial charge < -0.3 is 28.8 Å². The number of alkyl halides is 3. The second-order valence-electron chi connectivity index (χ2n) is 7.71. The number of hydrogen-bond acceptors (Lipinski definition) is 6. The highest BCUT2D eigenvalue weighted by atomic mass is 79.9. The van der Waals surface area contributed by atoms with E-state index in [2.05, 4.69) is 47.8 Å². The van der Waals surface area contributed by atoms with Gasteiger partial charge in [-0.25, -0.2) is 0 Å². The predicted molar refractivity (Wildman–Crippen MR) is 150 cm³/mol. The van der Waals surface area contributed by atoms with Gasteiger partial charge in [0.25, 0.3) is 0 Å². The van der Waals surface area contributed by atoms with Crippen LogP contribution >= 0.6 is 47.8 Å². The van der Waals surface area contributed by atoms with Crippen LogP contribution in [0.1, 0.15) is 38.5 Å². The Bertz CT molecular complexity index is 762. The molecule has 6 nitrogen and oxygen atoms in total. The van der Waals surface area contributed by atoms with Crippen molar-refractivity contribution < 1.29 is 28.8 Å². The number of phenolic OH excluding ortho intramolecular Hbond substituents is 1. The molecule has 9 heteroatoms. The molecule has 2 heterocycles. The molecule has 0 amide bonds. The first kappa shape index (κ1) is 30.2. The normalized spacial score (nSPS) is 19.3. The minimum Gasteiger partial charge on any atom is -0.508 e. The van der Waals surface area contributed by atoms with Crippen LogP contribution in [0.5, 0.6) is 23.0 Å². The highest BCUT2D eigenvalue weighted by Crippen LogP contribution is 2.22. The minimum absolute atomic E-state index is 0.0851. The monoisotopic (exact) mass is 680 g/mol. The highest BCUT2D eigenvalue weighted by molar-refractivity contribution is 9.12. The van der Waals surface area contributed by atoms with Crippen LogP contribution in [0.4, 0.5) is 0 Å².